The van der Waals surface area contributed by atoms with Gasteiger partial charge >= 0.3 is 5.97 Å². The van der Waals surface area contributed by atoms with E-state index < -0.39 is 6.10 Å². The molecule has 178 valence electrons. The summed E-state index contributed by atoms with van der Waals surface area (Å²) in [7, 11) is 0. The molecular weight excluding hydrogens is 426 g/mol. The van der Waals surface area contributed by atoms with Crippen LogP contribution in [-0.2, 0) is 16.0 Å². The number of nitrogens with zero attached hydrogens (tertiary/aromatic N) is 3. The molecular formula is C28H33N3O3. The van der Waals surface area contributed by atoms with E-state index in [1.165, 1.54) is 22.5 Å². The highest BCUT2D eigenvalue weighted by Gasteiger charge is 2.23. The average Bonchev–Trinajstić information content (AvgIpc) is 2.89. The number of hydrogen-bond donors (Lipinski definition) is 0. The van der Waals surface area contributed by atoms with Crippen LogP contribution >= 0.6 is 0 Å². The van der Waals surface area contributed by atoms with Gasteiger partial charge in [0.05, 0.1) is 6.61 Å². The van der Waals surface area contributed by atoms with E-state index in [0.29, 0.717) is 18.8 Å². The zero-order valence-electron chi connectivity index (χ0n) is 20.0. The van der Waals surface area contributed by atoms with Crippen LogP contribution in [0.25, 0.3) is 0 Å². The maximum absolute atomic E-state index is 12.3. The van der Waals surface area contributed by atoms with Crippen molar-refractivity contribution in [2.24, 2.45) is 0 Å². The molecule has 6 nitrogen and oxygen atoms in total. The van der Waals surface area contributed by atoms with Gasteiger partial charge in [-0.25, -0.2) is 4.79 Å². The molecule has 0 amide bonds. The number of piperazine rings is 1. The molecule has 0 saturated carbocycles. The molecule has 1 aromatic heterocycles. The van der Waals surface area contributed by atoms with Gasteiger partial charge in [0.15, 0.2) is 6.10 Å². The maximum atomic E-state index is 12.3. The average molecular weight is 460 g/mol. The van der Waals surface area contributed by atoms with Crippen molar-refractivity contribution < 1.29 is 14.3 Å². The normalized spacial score (nSPS) is 14.5. The first kappa shape index (κ1) is 23.6. The maximum Gasteiger partial charge on any atom is 0.347 e. The Hall–Kier alpha value is -3.54. The third-order valence-electron chi connectivity index (χ3n) is 6.14. The quantitative estimate of drug-likeness (QED) is 0.432. The van der Waals surface area contributed by atoms with Crippen molar-refractivity contribution in [3.63, 3.8) is 0 Å². The van der Waals surface area contributed by atoms with Crippen LogP contribution in [0.5, 0.6) is 5.75 Å². The molecule has 1 fully saturated rings. The summed E-state index contributed by atoms with van der Waals surface area (Å²) in [6, 6.07) is 20.8. The Morgan fingerprint density at radius 2 is 1.65 bits per heavy atom. The molecule has 34 heavy (non-hydrogen) atoms. The summed E-state index contributed by atoms with van der Waals surface area (Å²) in [5, 5.41) is 0. The zero-order chi connectivity index (χ0) is 23.8. The Morgan fingerprint density at radius 1 is 0.941 bits per heavy atom. The van der Waals surface area contributed by atoms with E-state index in [9.17, 15) is 4.79 Å². The van der Waals surface area contributed by atoms with Gasteiger partial charge in [-0.3, -0.25) is 4.98 Å². The van der Waals surface area contributed by atoms with Gasteiger partial charge in [0, 0.05) is 49.9 Å². The molecule has 1 aliphatic heterocycles. The first-order chi connectivity index (χ1) is 16.7. The third kappa shape index (κ3) is 5.87. The van der Waals surface area contributed by atoms with Crippen molar-refractivity contribution in [3.05, 3.63) is 84.2 Å². The van der Waals surface area contributed by atoms with Gasteiger partial charge in [0.2, 0.25) is 0 Å². The van der Waals surface area contributed by atoms with Crippen LogP contribution in [0.1, 0.15) is 31.4 Å². The Bertz CT molecular complexity index is 1050. The van der Waals surface area contributed by atoms with Gasteiger partial charge in [-0.2, -0.15) is 0 Å². The molecule has 0 bridgehead atoms. The first-order valence-electron chi connectivity index (χ1n) is 12.1. The second kappa shape index (κ2) is 11.5. The number of carbonyl (C=O) groups is 1. The van der Waals surface area contributed by atoms with E-state index in [1.807, 2.05) is 38.4 Å². The number of anilines is 2. The summed E-state index contributed by atoms with van der Waals surface area (Å²) in [4.78, 5) is 21.2. The number of pyridine rings is 1. The van der Waals surface area contributed by atoms with Gasteiger partial charge in [-0.1, -0.05) is 37.3 Å². The smallest absolute Gasteiger partial charge is 0.347 e. The van der Waals surface area contributed by atoms with Crippen LogP contribution in [0, 0.1) is 0 Å². The predicted octanol–water partition coefficient (Wildman–Crippen LogP) is 4.72. The van der Waals surface area contributed by atoms with E-state index >= 15 is 0 Å². The molecule has 0 spiro atoms. The van der Waals surface area contributed by atoms with Crippen molar-refractivity contribution in [2.45, 2.75) is 32.8 Å². The minimum absolute atomic E-state index is 0.314. The number of carbonyl (C=O) groups excluding carboxylic acids is 1. The van der Waals surface area contributed by atoms with Crippen molar-refractivity contribution in [1.82, 2.24) is 4.98 Å². The van der Waals surface area contributed by atoms with E-state index in [0.717, 1.165) is 32.6 Å². The lowest BCUT2D eigenvalue weighted by molar-refractivity contribution is -0.151. The summed E-state index contributed by atoms with van der Waals surface area (Å²) in [5.74, 6) is 0.385. The Morgan fingerprint density at radius 3 is 2.32 bits per heavy atom. The fourth-order valence-corrected chi connectivity index (χ4v) is 4.36. The summed E-state index contributed by atoms with van der Waals surface area (Å²) in [5.41, 5.74) is 4.87. The van der Waals surface area contributed by atoms with Gasteiger partial charge in [0.25, 0.3) is 0 Å². The fraction of sp³-hybridized carbons (Fsp3) is 0.357. The Kier molecular flexibility index (Phi) is 8.02. The molecule has 2 heterocycles. The molecule has 0 N–H and O–H groups in total. The molecule has 1 atom stereocenters. The van der Waals surface area contributed by atoms with E-state index in [2.05, 4.69) is 63.3 Å². The second-order valence-corrected chi connectivity index (χ2v) is 8.40. The van der Waals surface area contributed by atoms with Crippen LogP contribution < -0.4 is 14.5 Å². The summed E-state index contributed by atoms with van der Waals surface area (Å²) >= 11 is 0. The highest BCUT2D eigenvalue weighted by atomic mass is 16.6. The van der Waals surface area contributed by atoms with Crippen LogP contribution in [0.2, 0.25) is 0 Å². The Labute approximate surface area is 202 Å². The molecule has 6 heteroatoms. The van der Waals surface area contributed by atoms with Crippen LogP contribution in [0.15, 0.2) is 73.1 Å². The minimum Gasteiger partial charge on any atom is -0.479 e. The SMILES string of the molecule is CCOC(=O)C(CC)Oc1ccc(N2CCN(c3ccncc3)CC2)c(Cc2ccccc2)c1. The van der Waals surface area contributed by atoms with Gasteiger partial charge in [0.1, 0.15) is 5.75 Å². The van der Waals surface area contributed by atoms with E-state index in [4.69, 9.17) is 9.47 Å². The number of aromatic nitrogens is 1. The number of ether oxygens (including phenoxy) is 2. The summed E-state index contributed by atoms with van der Waals surface area (Å²) < 4.78 is 11.2. The Balaban J connectivity index is 1.54. The molecule has 3 aromatic rings. The third-order valence-corrected chi connectivity index (χ3v) is 6.14. The summed E-state index contributed by atoms with van der Waals surface area (Å²) in [6.07, 6.45) is 4.45. The lowest BCUT2D eigenvalue weighted by atomic mass is 10.0. The molecule has 0 radical (unpaired) electrons. The predicted molar refractivity (Wildman–Crippen MR) is 136 cm³/mol. The molecule has 4 rings (SSSR count). The van der Waals surface area contributed by atoms with Gasteiger partial charge < -0.3 is 19.3 Å². The molecule has 0 aliphatic carbocycles. The molecule has 1 unspecified atom stereocenters. The first-order valence-corrected chi connectivity index (χ1v) is 12.1. The van der Waals surface area contributed by atoms with Gasteiger partial charge in [-0.15, -0.1) is 0 Å². The minimum atomic E-state index is -0.598. The van der Waals surface area contributed by atoms with Crippen LogP contribution in [-0.4, -0.2) is 49.8 Å². The van der Waals surface area contributed by atoms with Gasteiger partial charge in [-0.05, 0) is 61.2 Å². The molecule has 1 saturated heterocycles. The second-order valence-electron chi connectivity index (χ2n) is 8.40. The van der Waals surface area contributed by atoms with Crippen molar-refractivity contribution in [1.29, 1.82) is 0 Å². The van der Waals surface area contributed by atoms with Crippen LogP contribution in [0.3, 0.4) is 0 Å². The molecule has 1 aliphatic rings. The highest BCUT2D eigenvalue weighted by molar-refractivity contribution is 5.75. The number of esters is 1. The lowest BCUT2D eigenvalue weighted by Crippen LogP contribution is -2.46. The molecule has 2 aromatic carbocycles. The fourth-order valence-electron chi connectivity index (χ4n) is 4.36. The van der Waals surface area contributed by atoms with Crippen LogP contribution in [0.4, 0.5) is 11.4 Å². The van der Waals surface area contributed by atoms with Crippen molar-refractivity contribution in [2.75, 3.05) is 42.6 Å². The number of benzene rings is 2. The standard InChI is InChI=1S/C28H33N3O3/c1-3-27(28(32)33-4-2)34-25-10-11-26(23(21-25)20-22-8-6-5-7-9-22)31-18-16-30(17-19-31)24-12-14-29-15-13-24/h5-15,21,27H,3-4,16-20H2,1-2H3. The van der Waals surface area contributed by atoms with Crippen molar-refractivity contribution >= 4 is 17.3 Å². The topological polar surface area (TPSA) is 54.9 Å². The monoisotopic (exact) mass is 459 g/mol. The van der Waals surface area contributed by atoms with E-state index in [-0.39, 0.29) is 5.97 Å². The zero-order valence-corrected chi connectivity index (χ0v) is 20.0. The largest absolute Gasteiger partial charge is 0.479 e. The number of hydrogen-bond acceptors (Lipinski definition) is 6. The van der Waals surface area contributed by atoms with E-state index in [1.54, 1.807) is 0 Å². The number of rotatable bonds is 9. The summed E-state index contributed by atoms with van der Waals surface area (Å²) in [6.45, 7) is 7.87. The highest BCUT2D eigenvalue weighted by Crippen LogP contribution is 2.30. The van der Waals surface area contributed by atoms with Crippen molar-refractivity contribution in [3.8, 4) is 5.75 Å². The lowest BCUT2D eigenvalue weighted by Gasteiger charge is -2.38.